The molecule has 0 unspecified atom stereocenters. The van der Waals surface area contributed by atoms with Crippen LogP contribution in [0.15, 0.2) is 72.6 Å². The van der Waals surface area contributed by atoms with Crippen molar-refractivity contribution in [3.63, 3.8) is 0 Å². The van der Waals surface area contributed by atoms with Gasteiger partial charge in [0.05, 0.1) is 16.8 Å². The maximum Gasteiger partial charge on any atom is 0.232 e. The number of rotatable bonds is 5. The highest BCUT2D eigenvalue weighted by molar-refractivity contribution is 6.14. The molecule has 1 aliphatic rings. The van der Waals surface area contributed by atoms with E-state index in [-0.39, 0.29) is 17.3 Å². The summed E-state index contributed by atoms with van der Waals surface area (Å²) in [6.45, 7) is 1.17. The first-order valence-corrected chi connectivity index (χ1v) is 9.04. The number of carbonyl (C=O) groups excluding carboxylic acids is 1. The number of phenols is 1. The third-order valence-electron chi connectivity index (χ3n) is 4.61. The molecule has 0 atom stereocenters. The summed E-state index contributed by atoms with van der Waals surface area (Å²) in [5, 5.41) is 10.4. The zero-order valence-corrected chi connectivity index (χ0v) is 15.5. The van der Waals surface area contributed by atoms with Crippen molar-refractivity contribution in [2.45, 2.75) is 13.1 Å². The van der Waals surface area contributed by atoms with Gasteiger partial charge < -0.3 is 9.84 Å². The van der Waals surface area contributed by atoms with Crippen molar-refractivity contribution < 1.29 is 14.6 Å². The van der Waals surface area contributed by atoms with Gasteiger partial charge in [0.2, 0.25) is 5.78 Å². The van der Waals surface area contributed by atoms with Crippen LogP contribution in [0.5, 0.6) is 11.5 Å². The Labute approximate surface area is 163 Å². The van der Waals surface area contributed by atoms with E-state index in [9.17, 15) is 9.90 Å². The van der Waals surface area contributed by atoms with Crippen LogP contribution in [0, 0.1) is 0 Å². The van der Waals surface area contributed by atoms with Gasteiger partial charge in [-0.15, -0.1) is 0 Å². The van der Waals surface area contributed by atoms with Gasteiger partial charge in [-0.1, -0.05) is 36.4 Å². The Morgan fingerprint density at radius 1 is 1.04 bits per heavy atom. The van der Waals surface area contributed by atoms with Crippen LogP contribution in [-0.2, 0) is 13.1 Å². The van der Waals surface area contributed by atoms with Crippen molar-refractivity contribution in [3.05, 3.63) is 95.0 Å². The van der Waals surface area contributed by atoms with E-state index in [0.717, 1.165) is 0 Å². The second kappa shape index (κ2) is 7.66. The molecule has 4 rings (SSSR count). The Hall–Kier alpha value is -3.44. The maximum absolute atomic E-state index is 12.7. The Morgan fingerprint density at radius 3 is 2.57 bits per heavy atom. The molecule has 0 fully saturated rings. The predicted molar refractivity (Wildman–Crippen MR) is 107 cm³/mol. The normalized spacial score (nSPS) is 14.4. The van der Waals surface area contributed by atoms with E-state index in [1.165, 1.54) is 5.56 Å². The summed E-state index contributed by atoms with van der Waals surface area (Å²) in [5.41, 5.74) is 2.88. The van der Waals surface area contributed by atoms with Crippen LogP contribution < -0.4 is 4.74 Å². The zero-order chi connectivity index (χ0) is 19.5. The fourth-order valence-electron chi connectivity index (χ4n) is 3.27. The van der Waals surface area contributed by atoms with Gasteiger partial charge in [0.15, 0.2) is 5.76 Å². The van der Waals surface area contributed by atoms with Gasteiger partial charge >= 0.3 is 0 Å². The summed E-state index contributed by atoms with van der Waals surface area (Å²) in [5.74, 6) is 0.552. The predicted octanol–water partition coefficient (Wildman–Crippen LogP) is 4.04. The average Bonchev–Trinajstić information content (AvgIpc) is 3.01. The highest BCUT2D eigenvalue weighted by Gasteiger charge is 2.31. The van der Waals surface area contributed by atoms with Crippen molar-refractivity contribution >= 4 is 11.9 Å². The van der Waals surface area contributed by atoms with Crippen LogP contribution in [0.3, 0.4) is 0 Å². The van der Waals surface area contributed by atoms with E-state index in [1.807, 2.05) is 37.4 Å². The molecule has 2 aromatic carbocycles. The van der Waals surface area contributed by atoms with Crippen LogP contribution in [0.2, 0.25) is 0 Å². The standard InChI is InChI=1S/C23H20N2O3/c1-25(14-16-7-3-2-4-8-16)15-19-20(26)11-10-18-22(27)21(28-23(18)19)13-17-9-5-6-12-24-17/h2-13,26H,14-15H2,1H3/b21-13-. The van der Waals surface area contributed by atoms with Crippen molar-refractivity contribution in [2.24, 2.45) is 0 Å². The first-order valence-electron chi connectivity index (χ1n) is 9.04. The van der Waals surface area contributed by atoms with Crippen LogP contribution in [0.1, 0.15) is 27.2 Å². The van der Waals surface area contributed by atoms with E-state index < -0.39 is 0 Å². The van der Waals surface area contributed by atoms with Crippen LogP contribution in [0.25, 0.3) is 6.08 Å². The number of fused-ring (bicyclic) bond motifs is 1. The van der Waals surface area contributed by atoms with Gasteiger partial charge in [0, 0.05) is 25.4 Å². The third-order valence-corrected chi connectivity index (χ3v) is 4.61. The summed E-state index contributed by atoms with van der Waals surface area (Å²) < 4.78 is 5.87. The molecule has 1 aromatic heterocycles. The molecule has 140 valence electrons. The lowest BCUT2D eigenvalue weighted by molar-refractivity contribution is 0.101. The third kappa shape index (κ3) is 3.66. The molecule has 1 aliphatic heterocycles. The Morgan fingerprint density at radius 2 is 1.82 bits per heavy atom. The number of phenolic OH excluding ortho intramolecular Hbond substituents is 1. The topological polar surface area (TPSA) is 62.7 Å². The number of Topliss-reactive ketones (excluding diaryl/α,β-unsaturated/α-hetero) is 1. The van der Waals surface area contributed by atoms with Gasteiger partial charge in [-0.05, 0) is 36.9 Å². The van der Waals surface area contributed by atoms with E-state index in [1.54, 1.807) is 30.5 Å². The number of hydrogen-bond donors (Lipinski definition) is 1. The summed E-state index contributed by atoms with van der Waals surface area (Å²) in [6.07, 6.45) is 3.28. The van der Waals surface area contributed by atoms with Crippen molar-refractivity contribution in [1.82, 2.24) is 9.88 Å². The zero-order valence-electron chi connectivity index (χ0n) is 15.5. The smallest absolute Gasteiger partial charge is 0.232 e. The molecule has 0 spiro atoms. The second-order valence-corrected chi connectivity index (χ2v) is 6.79. The molecular formula is C23H20N2O3. The average molecular weight is 372 g/mol. The highest BCUT2D eigenvalue weighted by Crippen LogP contribution is 2.40. The van der Waals surface area contributed by atoms with E-state index >= 15 is 0 Å². The number of benzene rings is 2. The van der Waals surface area contributed by atoms with Crippen molar-refractivity contribution in [1.29, 1.82) is 0 Å². The lowest BCUT2D eigenvalue weighted by atomic mass is 10.0. The Bertz CT molecular complexity index is 1030. The number of aromatic hydroxyl groups is 1. The summed E-state index contributed by atoms with van der Waals surface area (Å²) >= 11 is 0. The molecule has 2 heterocycles. The SMILES string of the molecule is CN(Cc1ccccc1)Cc1c(O)ccc2c1O/C(=C\c1ccccn1)C2=O. The quantitative estimate of drug-likeness (QED) is 0.685. The number of pyridine rings is 1. The van der Waals surface area contributed by atoms with Crippen molar-refractivity contribution in [2.75, 3.05) is 7.05 Å². The van der Waals surface area contributed by atoms with Crippen LogP contribution in [-0.4, -0.2) is 27.8 Å². The Kier molecular flexibility index (Phi) is 4.91. The fourth-order valence-corrected chi connectivity index (χ4v) is 3.27. The molecule has 5 heteroatoms. The van der Waals surface area contributed by atoms with Gasteiger partial charge in [0.1, 0.15) is 11.5 Å². The molecule has 0 bridgehead atoms. The molecule has 0 saturated carbocycles. The van der Waals surface area contributed by atoms with Gasteiger partial charge in [0.25, 0.3) is 0 Å². The summed E-state index contributed by atoms with van der Waals surface area (Å²) in [4.78, 5) is 19.0. The molecule has 5 nitrogen and oxygen atoms in total. The second-order valence-electron chi connectivity index (χ2n) is 6.79. The number of hydrogen-bond acceptors (Lipinski definition) is 5. The number of allylic oxidation sites excluding steroid dienone is 1. The molecule has 3 aromatic rings. The van der Waals surface area contributed by atoms with Gasteiger partial charge in [-0.25, -0.2) is 0 Å². The summed E-state index contributed by atoms with van der Waals surface area (Å²) in [7, 11) is 1.97. The molecule has 0 saturated heterocycles. The monoisotopic (exact) mass is 372 g/mol. The summed E-state index contributed by atoms with van der Waals surface area (Å²) in [6, 6.07) is 18.7. The van der Waals surface area contributed by atoms with E-state index in [0.29, 0.717) is 35.7 Å². The molecule has 0 amide bonds. The van der Waals surface area contributed by atoms with E-state index in [4.69, 9.17) is 4.74 Å². The number of ether oxygens (including phenoxy) is 1. The lowest BCUT2D eigenvalue weighted by Crippen LogP contribution is -2.17. The van der Waals surface area contributed by atoms with Crippen LogP contribution in [0.4, 0.5) is 0 Å². The number of ketones is 1. The minimum absolute atomic E-state index is 0.116. The number of carbonyl (C=O) groups is 1. The molecular weight excluding hydrogens is 352 g/mol. The van der Waals surface area contributed by atoms with Gasteiger partial charge in [-0.2, -0.15) is 0 Å². The van der Waals surface area contributed by atoms with E-state index in [2.05, 4.69) is 22.0 Å². The Balaban J connectivity index is 1.60. The molecule has 28 heavy (non-hydrogen) atoms. The fraction of sp³-hybridized carbons (Fsp3) is 0.130. The molecule has 0 aliphatic carbocycles. The molecule has 1 N–H and O–H groups in total. The first kappa shape index (κ1) is 17.9. The largest absolute Gasteiger partial charge is 0.507 e. The minimum Gasteiger partial charge on any atom is -0.507 e. The van der Waals surface area contributed by atoms with Crippen molar-refractivity contribution in [3.8, 4) is 11.5 Å². The number of nitrogens with zero attached hydrogens (tertiary/aromatic N) is 2. The maximum atomic E-state index is 12.7. The minimum atomic E-state index is -0.201. The first-order chi connectivity index (χ1) is 13.6. The highest BCUT2D eigenvalue weighted by atomic mass is 16.5. The molecule has 0 radical (unpaired) electrons. The lowest BCUT2D eigenvalue weighted by Gasteiger charge is -2.19. The number of aromatic nitrogens is 1. The van der Waals surface area contributed by atoms with Gasteiger partial charge in [-0.3, -0.25) is 14.7 Å². The van der Waals surface area contributed by atoms with Crippen LogP contribution >= 0.6 is 0 Å².